The molecule has 0 aromatic heterocycles. The molecule has 0 spiro atoms. The van der Waals surface area contributed by atoms with E-state index in [0.29, 0.717) is 37.4 Å². The maximum absolute atomic E-state index is 13.2. The second-order valence-electron chi connectivity index (χ2n) is 17.0. The van der Waals surface area contributed by atoms with Crippen LogP contribution in [0.4, 0.5) is 11.4 Å². The van der Waals surface area contributed by atoms with E-state index in [9.17, 15) is 19.8 Å². The molecule has 0 bridgehead atoms. The van der Waals surface area contributed by atoms with Crippen LogP contribution in [-0.2, 0) is 31.2 Å². The molecule has 0 aliphatic rings. The van der Waals surface area contributed by atoms with Gasteiger partial charge in [-0.15, -0.1) is 0 Å². The number of nitrogens with zero attached hydrogens (tertiary/aromatic N) is 2. The fourth-order valence-corrected chi connectivity index (χ4v) is 5.91. The molecule has 2 aromatic carbocycles. The number of anilines is 2. The summed E-state index contributed by atoms with van der Waals surface area (Å²) in [6.45, 7) is 30.0. The maximum Gasteiger partial charge on any atom is 0.226 e. The lowest BCUT2D eigenvalue weighted by atomic mass is 9.79. The summed E-state index contributed by atoms with van der Waals surface area (Å²) >= 11 is 0. The first-order chi connectivity index (χ1) is 20.9. The number of benzene rings is 2. The van der Waals surface area contributed by atoms with Gasteiger partial charge in [-0.25, -0.2) is 0 Å². The van der Waals surface area contributed by atoms with Gasteiger partial charge >= 0.3 is 0 Å². The van der Waals surface area contributed by atoms with Gasteiger partial charge in [-0.1, -0.05) is 110 Å². The van der Waals surface area contributed by atoms with Gasteiger partial charge in [-0.05, 0) is 58.8 Å². The molecule has 0 saturated heterocycles. The predicted octanol–water partition coefficient (Wildman–Crippen LogP) is 10.0. The molecule has 0 atom stereocenters. The standard InChI is InChI=1S/C40H64N2O4/c1-15-33(43)41(27-23-29(37(3,4)5)35(45)30(24-27)38(6,7)8)21-19-17-18-20-22-42(34(44)16-2)28-25-31(39(9,10)11)36(46)32(26-28)40(12,13)14/h23-26,45-46H,15-22H2,1-14H3. The van der Waals surface area contributed by atoms with Crippen LogP contribution < -0.4 is 9.80 Å². The number of aromatic hydroxyl groups is 2. The third-order valence-corrected chi connectivity index (χ3v) is 8.77. The molecule has 6 heteroatoms. The largest absolute Gasteiger partial charge is 0.507 e. The topological polar surface area (TPSA) is 81.1 Å². The smallest absolute Gasteiger partial charge is 0.226 e. The van der Waals surface area contributed by atoms with E-state index < -0.39 is 0 Å². The fourth-order valence-electron chi connectivity index (χ4n) is 5.91. The van der Waals surface area contributed by atoms with E-state index in [1.165, 1.54) is 0 Å². The number of carbonyl (C=O) groups excluding carboxylic acids is 2. The average molecular weight is 637 g/mol. The lowest BCUT2D eigenvalue weighted by Crippen LogP contribution is -2.33. The Morgan fingerprint density at radius 2 is 0.739 bits per heavy atom. The van der Waals surface area contributed by atoms with Gasteiger partial charge in [0.15, 0.2) is 0 Å². The number of amides is 2. The van der Waals surface area contributed by atoms with Crippen molar-refractivity contribution in [2.24, 2.45) is 0 Å². The van der Waals surface area contributed by atoms with Gasteiger partial charge in [0.25, 0.3) is 0 Å². The van der Waals surface area contributed by atoms with E-state index in [2.05, 4.69) is 83.1 Å². The maximum atomic E-state index is 13.2. The van der Waals surface area contributed by atoms with Gasteiger partial charge < -0.3 is 20.0 Å². The molecule has 0 aliphatic carbocycles. The zero-order valence-electron chi connectivity index (χ0n) is 31.6. The van der Waals surface area contributed by atoms with Crippen molar-refractivity contribution >= 4 is 23.2 Å². The van der Waals surface area contributed by atoms with E-state index in [1.54, 1.807) is 0 Å². The van der Waals surface area contributed by atoms with Gasteiger partial charge in [-0.2, -0.15) is 0 Å². The Balaban J connectivity index is 2.26. The molecule has 46 heavy (non-hydrogen) atoms. The number of phenolic OH excluding ortho intramolecular Hbond substituents is 2. The summed E-state index contributed by atoms with van der Waals surface area (Å²) in [4.78, 5) is 30.2. The molecule has 0 aliphatic heterocycles. The first-order valence-electron chi connectivity index (χ1n) is 17.3. The molecule has 2 rings (SSSR count). The van der Waals surface area contributed by atoms with Crippen LogP contribution in [0.5, 0.6) is 11.5 Å². The molecule has 2 amide bonds. The van der Waals surface area contributed by atoms with Crippen molar-refractivity contribution < 1.29 is 19.8 Å². The van der Waals surface area contributed by atoms with Gasteiger partial charge in [0.1, 0.15) is 11.5 Å². The summed E-state index contributed by atoms with van der Waals surface area (Å²) in [5.74, 6) is 0.775. The highest BCUT2D eigenvalue weighted by atomic mass is 16.3. The summed E-state index contributed by atoms with van der Waals surface area (Å²) in [7, 11) is 0. The molecule has 0 heterocycles. The van der Waals surface area contributed by atoms with Gasteiger partial charge in [0.2, 0.25) is 11.8 Å². The zero-order valence-corrected chi connectivity index (χ0v) is 31.6. The molecule has 6 nitrogen and oxygen atoms in total. The van der Waals surface area contributed by atoms with Gasteiger partial charge in [0, 0.05) is 59.6 Å². The third-order valence-electron chi connectivity index (χ3n) is 8.77. The lowest BCUT2D eigenvalue weighted by Gasteiger charge is -2.31. The Labute approximate surface area is 280 Å². The average Bonchev–Trinajstić information content (AvgIpc) is 2.92. The molecule has 0 radical (unpaired) electrons. The van der Waals surface area contributed by atoms with Crippen LogP contribution in [0.25, 0.3) is 0 Å². The van der Waals surface area contributed by atoms with Crippen LogP contribution in [0.1, 0.15) is 158 Å². The molecule has 0 fully saturated rings. The van der Waals surface area contributed by atoms with Crippen molar-refractivity contribution in [3.05, 3.63) is 46.5 Å². The van der Waals surface area contributed by atoms with E-state index >= 15 is 0 Å². The molecule has 0 unspecified atom stereocenters. The summed E-state index contributed by atoms with van der Waals surface area (Å²) < 4.78 is 0. The number of carbonyl (C=O) groups is 2. The Morgan fingerprint density at radius 1 is 0.500 bits per heavy atom. The Morgan fingerprint density at radius 3 is 0.935 bits per heavy atom. The second kappa shape index (κ2) is 14.8. The van der Waals surface area contributed by atoms with Crippen LogP contribution in [0.15, 0.2) is 24.3 Å². The van der Waals surface area contributed by atoms with Crippen molar-refractivity contribution in [3.8, 4) is 11.5 Å². The molecule has 2 aromatic rings. The van der Waals surface area contributed by atoms with Crippen molar-refractivity contribution in [2.45, 2.75) is 157 Å². The van der Waals surface area contributed by atoms with Crippen molar-refractivity contribution in [3.63, 3.8) is 0 Å². The highest BCUT2D eigenvalue weighted by Crippen LogP contribution is 2.43. The minimum Gasteiger partial charge on any atom is -0.507 e. The van der Waals surface area contributed by atoms with Crippen molar-refractivity contribution in [1.82, 2.24) is 0 Å². The fraction of sp³-hybridized carbons (Fsp3) is 0.650. The second-order valence-corrected chi connectivity index (χ2v) is 17.0. The first kappa shape index (κ1) is 39.2. The normalized spacial score (nSPS) is 12.7. The Kier molecular flexibility index (Phi) is 12.6. The molecule has 0 saturated carbocycles. The Hall–Kier alpha value is -3.02. The van der Waals surface area contributed by atoms with E-state index in [0.717, 1.165) is 59.3 Å². The van der Waals surface area contributed by atoms with Gasteiger partial charge in [0.05, 0.1) is 0 Å². The lowest BCUT2D eigenvalue weighted by molar-refractivity contribution is -0.119. The zero-order chi connectivity index (χ0) is 35.4. The first-order valence-corrected chi connectivity index (χ1v) is 17.3. The number of unbranched alkanes of at least 4 members (excludes halogenated alkanes) is 3. The number of phenols is 2. The number of hydrogen-bond donors (Lipinski definition) is 2. The number of rotatable bonds is 11. The molecular formula is C40H64N2O4. The van der Waals surface area contributed by atoms with Crippen molar-refractivity contribution in [1.29, 1.82) is 0 Å². The van der Waals surface area contributed by atoms with Crippen molar-refractivity contribution in [2.75, 3.05) is 22.9 Å². The van der Waals surface area contributed by atoms with Crippen LogP contribution >= 0.6 is 0 Å². The quantitative estimate of drug-likeness (QED) is 0.241. The van der Waals surface area contributed by atoms with Gasteiger partial charge in [-0.3, -0.25) is 9.59 Å². The van der Waals surface area contributed by atoms with E-state index in [1.807, 2.05) is 47.9 Å². The highest BCUT2D eigenvalue weighted by molar-refractivity contribution is 5.94. The highest BCUT2D eigenvalue weighted by Gasteiger charge is 2.30. The van der Waals surface area contributed by atoms with E-state index in [4.69, 9.17) is 0 Å². The summed E-state index contributed by atoms with van der Waals surface area (Å²) in [5.41, 5.74) is 3.98. The summed E-state index contributed by atoms with van der Waals surface area (Å²) in [5, 5.41) is 22.4. The summed E-state index contributed by atoms with van der Waals surface area (Å²) in [6, 6.07) is 7.95. The monoisotopic (exact) mass is 636 g/mol. The molecule has 2 N–H and O–H groups in total. The van der Waals surface area contributed by atoms with E-state index in [-0.39, 0.29) is 33.5 Å². The Bertz CT molecular complexity index is 1190. The van der Waals surface area contributed by atoms with Crippen LogP contribution in [0.3, 0.4) is 0 Å². The molecule has 258 valence electrons. The number of hydrogen-bond acceptors (Lipinski definition) is 4. The minimum absolute atomic E-state index is 0.0711. The van der Waals surface area contributed by atoms with Crippen LogP contribution in [0, 0.1) is 0 Å². The van der Waals surface area contributed by atoms with Crippen LogP contribution in [0.2, 0.25) is 0 Å². The SMILES string of the molecule is CCC(=O)N(CCCCCCN(C(=O)CC)c1cc(C(C)(C)C)c(O)c(C(C)(C)C)c1)c1cc(C(C)(C)C)c(O)c(C(C)(C)C)c1. The summed E-state index contributed by atoms with van der Waals surface area (Å²) in [6.07, 6.45) is 4.34. The minimum atomic E-state index is -0.276. The van der Waals surface area contributed by atoms with Crippen LogP contribution in [-0.4, -0.2) is 35.1 Å². The third kappa shape index (κ3) is 9.75. The predicted molar refractivity (Wildman–Crippen MR) is 195 cm³/mol. The molecular weight excluding hydrogens is 572 g/mol.